The highest BCUT2D eigenvalue weighted by molar-refractivity contribution is 5.42. The molecule has 2 aromatic rings. The topological polar surface area (TPSA) is 29.5 Å². The van der Waals surface area contributed by atoms with Gasteiger partial charge in [-0.15, -0.1) is 0 Å². The fraction of sp³-hybridized carbons (Fsp3) is 0.294. The lowest BCUT2D eigenvalue weighted by Crippen LogP contribution is -2.12. The molecule has 0 saturated carbocycles. The third-order valence-electron chi connectivity index (χ3n) is 3.82. The van der Waals surface area contributed by atoms with E-state index in [1.165, 1.54) is 5.56 Å². The maximum Gasteiger partial charge on any atom is 0.123 e. The van der Waals surface area contributed by atoms with Gasteiger partial charge in [0.05, 0.1) is 18.6 Å². The van der Waals surface area contributed by atoms with E-state index >= 15 is 0 Å². The first-order valence-corrected chi connectivity index (χ1v) is 6.78. The number of aliphatic hydroxyl groups excluding tert-OH is 1. The van der Waals surface area contributed by atoms with Crippen LogP contribution in [-0.2, 0) is 6.42 Å². The first-order valence-electron chi connectivity index (χ1n) is 6.78. The van der Waals surface area contributed by atoms with Crippen LogP contribution in [0.25, 0.3) is 0 Å². The molecule has 0 radical (unpaired) electrons. The average Bonchev–Trinajstić information content (AvgIpc) is 2.90. The molecule has 98 valence electrons. The number of ether oxygens (including phenoxy) is 1. The molecule has 1 aliphatic heterocycles. The predicted molar refractivity (Wildman–Crippen MR) is 75.5 cm³/mol. The zero-order valence-corrected chi connectivity index (χ0v) is 11.0. The van der Waals surface area contributed by atoms with Crippen molar-refractivity contribution in [2.45, 2.75) is 25.4 Å². The van der Waals surface area contributed by atoms with Gasteiger partial charge in [-0.25, -0.2) is 0 Å². The number of para-hydroxylation sites is 1. The lowest BCUT2D eigenvalue weighted by molar-refractivity contribution is 0.130. The maximum absolute atomic E-state index is 10.6. The van der Waals surface area contributed by atoms with Crippen molar-refractivity contribution in [3.8, 4) is 5.75 Å². The summed E-state index contributed by atoms with van der Waals surface area (Å²) >= 11 is 0. The molecule has 0 amide bonds. The molecule has 1 aliphatic rings. The lowest BCUT2D eigenvalue weighted by Gasteiger charge is -2.18. The first-order chi connectivity index (χ1) is 9.29. The minimum absolute atomic E-state index is 0.0308. The Morgan fingerprint density at radius 2 is 2.05 bits per heavy atom. The second kappa shape index (κ2) is 5.06. The highest BCUT2D eigenvalue weighted by Gasteiger charge is 2.30. The molecule has 0 aliphatic carbocycles. The van der Waals surface area contributed by atoms with Crippen molar-refractivity contribution in [2.75, 3.05) is 6.61 Å². The van der Waals surface area contributed by atoms with Crippen molar-refractivity contribution in [3.63, 3.8) is 0 Å². The highest BCUT2D eigenvalue weighted by atomic mass is 16.5. The number of aliphatic hydroxyl groups is 1. The third-order valence-corrected chi connectivity index (χ3v) is 3.82. The molecule has 0 aromatic heterocycles. The van der Waals surface area contributed by atoms with E-state index in [9.17, 15) is 5.11 Å². The summed E-state index contributed by atoms with van der Waals surface area (Å²) in [7, 11) is 0. The summed E-state index contributed by atoms with van der Waals surface area (Å²) in [5, 5.41) is 10.6. The minimum atomic E-state index is -0.504. The molecule has 3 rings (SSSR count). The van der Waals surface area contributed by atoms with Crippen molar-refractivity contribution in [3.05, 3.63) is 65.2 Å². The molecule has 0 bridgehead atoms. The highest BCUT2D eigenvalue weighted by Crippen LogP contribution is 2.41. The second-order valence-corrected chi connectivity index (χ2v) is 5.00. The van der Waals surface area contributed by atoms with E-state index in [1.54, 1.807) is 0 Å². The number of hydrogen-bond donors (Lipinski definition) is 1. The van der Waals surface area contributed by atoms with Crippen molar-refractivity contribution < 1.29 is 9.84 Å². The normalized spacial score (nSPS) is 18.7. The van der Waals surface area contributed by atoms with Crippen LogP contribution in [0.15, 0.2) is 48.5 Å². The monoisotopic (exact) mass is 254 g/mol. The Balaban J connectivity index is 1.90. The van der Waals surface area contributed by atoms with Crippen LogP contribution in [0.5, 0.6) is 5.75 Å². The van der Waals surface area contributed by atoms with E-state index in [-0.39, 0.29) is 5.92 Å². The van der Waals surface area contributed by atoms with Gasteiger partial charge in [0.1, 0.15) is 5.75 Å². The number of aryl methyl sites for hydroxylation is 1. The zero-order valence-electron chi connectivity index (χ0n) is 11.0. The summed E-state index contributed by atoms with van der Waals surface area (Å²) in [6.07, 6.45) is 0.480. The Labute approximate surface area is 113 Å². The number of hydrogen-bond acceptors (Lipinski definition) is 2. The van der Waals surface area contributed by atoms with Gasteiger partial charge in [-0.2, -0.15) is 0 Å². The van der Waals surface area contributed by atoms with Crippen LogP contribution >= 0.6 is 0 Å². The number of benzene rings is 2. The smallest absolute Gasteiger partial charge is 0.123 e. The van der Waals surface area contributed by atoms with Gasteiger partial charge in [0.25, 0.3) is 0 Å². The fourth-order valence-corrected chi connectivity index (χ4v) is 2.68. The predicted octanol–water partition coefficient (Wildman–Crippen LogP) is 3.46. The van der Waals surface area contributed by atoms with Gasteiger partial charge in [0, 0.05) is 5.56 Å². The Hall–Kier alpha value is -1.80. The molecule has 2 aromatic carbocycles. The molecular formula is C17H18O2. The van der Waals surface area contributed by atoms with E-state index in [1.807, 2.05) is 36.4 Å². The summed E-state index contributed by atoms with van der Waals surface area (Å²) in [4.78, 5) is 0. The van der Waals surface area contributed by atoms with E-state index in [4.69, 9.17) is 4.74 Å². The maximum atomic E-state index is 10.6. The summed E-state index contributed by atoms with van der Waals surface area (Å²) in [5.74, 6) is 0.932. The molecular weight excluding hydrogens is 236 g/mol. The zero-order chi connectivity index (χ0) is 13.2. The lowest BCUT2D eigenvalue weighted by atomic mass is 9.90. The van der Waals surface area contributed by atoms with Crippen molar-refractivity contribution in [1.82, 2.24) is 0 Å². The average molecular weight is 254 g/mol. The SMILES string of the molecule is CCc1cccc(C(O)C2COc3ccccc32)c1. The van der Waals surface area contributed by atoms with E-state index in [2.05, 4.69) is 19.1 Å². The molecule has 2 heteroatoms. The summed E-state index contributed by atoms with van der Waals surface area (Å²) < 4.78 is 5.65. The molecule has 2 atom stereocenters. The van der Waals surface area contributed by atoms with Crippen LogP contribution in [-0.4, -0.2) is 11.7 Å². The molecule has 1 N–H and O–H groups in total. The van der Waals surface area contributed by atoms with Crippen LogP contribution in [0.4, 0.5) is 0 Å². The van der Waals surface area contributed by atoms with Crippen LogP contribution < -0.4 is 4.74 Å². The number of fused-ring (bicyclic) bond motifs is 1. The van der Waals surface area contributed by atoms with Gasteiger partial charge in [0.2, 0.25) is 0 Å². The molecule has 0 saturated heterocycles. The third kappa shape index (κ3) is 2.24. The van der Waals surface area contributed by atoms with Crippen molar-refractivity contribution >= 4 is 0 Å². The first kappa shape index (κ1) is 12.2. The van der Waals surface area contributed by atoms with Gasteiger partial charge in [-0.3, -0.25) is 0 Å². The Morgan fingerprint density at radius 3 is 2.89 bits per heavy atom. The summed E-state index contributed by atoms with van der Waals surface area (Å²) in [6, 6.07) is 16.1. The summed E-state index contributed by atoms with van der Waals surface area (Å²) in [5.41, 5.74) is 3.34. The van der Waals surface area contributed by atoms with Crippen molar-refractivity contribution in [2.24, 2.45) is 0 Å². The molecule has 1 heterocycles. The van der Waals surface area contributed by atoms with Gasteiger partial charge in [0.15, 0.2) is 0 Å². The van der Waals surface area contributed by atoms with E-state index < -0.39 is 6.10 Å². The molecule has 19 heavy (non-hydrogen) atoms. The van der Waals surface area contributed by atoms with Gasteiger partial charge < -0.3 is 9.84 Å². The minimum Gasteiger partial charge on any atom is -0.493 e. The van der Waals surface area contributed by atoms with Crippen molar-refractivity contribution in [1.29, 1.82) is 0 Å². The Morgan fingerprint density at radius 1 is 1.21 bits per heavy atom. The van der Waals surface area contributed by atoms with Gasteiger partial charge >= 0.3 is 0 Å². The quantitative estimate of drug-likeness (QED) is 0.909. The molecule has 0 fully saturated rings. The fourth-order valence-electron chi connectivity index (χ4n) is 2.68. The van der Waals surface area contributed by atoms with Crippen LogP contribution in [0.1, 0.15) is 35.6 Å². The molecule has 2 unspecified atom stereocenters. The van der Waals surface area contributed by atoms with Gasteiger partial charge in [-0.1, -0.05) is 49.4 Å². The van der Waals surface area contributed by atoms with Gasteiger partial charge in [-0.05, 0) is 23.6 Å². The van der Waals surface area contributed by atoms with Crippen LogP contribution in [0, 0.1) is 0 Å². The number of rotatable bonds is 3. The molecule has 0 spiro atoms. The van der Waals surface area contributed by atoms with E-state index in [0.29, 0.717) is 6.61 Å². The Kier molecular flexibility index (Phi) is 3.26. The second-order valence-electron chi connectivity index (χ2n) is 5.00. The van der Waals surface area contributed by atoms with E-state index in [0.717, 1.165) is 23.3 Å². The van der Waals surface area contributed by atoms with Crippen LogP contribution in [0.2, 0.25) is 0 Å². The standard InChI is InChI=1S/C17H18O2/c1-2-12-6-5-7-13(10-12)17(18)15-11-19-16-9-4-3-8-14(15)16/h3-10,15,17-18H,2,11H2,1H3. The Bertz CT molecular complexity index is 577. The summed E-state index contributed by atoms with van der Waals surface area (Å²) in [6.45, 7) is 2.68. The largest absolute Gasteiger partial charge is 0.493 e. The van der Waals surface area contributed by atoms with Crippen LogP contribution in [0.3, 0.4) is 0 Å². The molecule has 2 nitrogen and oxygen atoms in total.